The number of benzene rings is 1. The zero-order valence-corrected chi connectivity index (χ0v) is 17.8. The van der Waals surface area contributed by atoms with E-state index >= 15 is 0 Å². The van der Waals surface area contributed by atoms with Crippen LogP contribution in [0.4, 0.5) is 5.82 Å². The molecule has 0 atom stereocenters. The summed E-state index contributed by atoms with van der Waals surface area (Å²) in [7, 11) is 0. The zero-order valence-electron chi connectivity index (χ0n) is 17.8. The van der Waals surface area contributed by atoms with Gasteiger partial charge in [0.2, 0.25) is 5.91 Å². The number of ether oxygens (including phenoxy) is 1. The Morgan fingerprint density at radius 1 is 1.20 bits per heavy atom. The van der Waals surface area contributed by atoms with Crippen LogP contribution in [0.3, 0.4) is 0 Å². The van der Waals surface area contributed by atoms with E-state index in [1.165, 1.54) is 10.5 Å². The molecule has 1 saturated heterocycles. The summed E-state index contributed by atoms with van der Waals surface area (Å²) >= 11 is 0. The number of quaternary nitrogens is 1. The fourth-order valence-corrected chi connectivity index (χ4v) is 3.53. The minimum atomic E-state index is -0.291. The van der Waals surface area contributed by atoms with Crippen molar-refractivity contribution in [1.82, 2.24) is 10.1 Å². The standard InChI is InChI=1S/C22H30N4O4/c1-3-18-5-7-19(8-6-18)22(28)26(10-4-9-25-11-13-29-14-12-25)16-21(27)23-20-15-17(2)30-24-20/h5-8,15H,3-4,9-14,16H2,1-2H3,(H,23,24,27)/p+1. The average Bonchev–Trinajstić information content (AvgIpc) is 3.17. The largest absolute Gasteiger partial charge is 0.370 e. The number of carbonyl (C=O) groups is 2. The number of aromatic nitrogens is 1. The van der Waals surface area contributed by atoms with E-state index < -0.39 is 0 Å². The van der Waals surface area contributed by atoms with Gasteiger partial charge in [-0.05, 0) is 31.0 Å². The first-order valence-electron chi connectivity index (χ1n) is 10.6. The van der Waals surface area contributed by atoms with Crippen LogP contribution in [0.25, 0.3) is 0 Å². The molecule has 162 valence electrons. The third-order valence-corrected chi connectivity index (χ3v) is 5.28. The quantitative estimate of drug-likeness (QED) is 0.636. The highest BCUT2D eigenvalue weighted by molar-refractivity contribution is 5.99. The third-order valence-electron chi connectivity index (χ3n) is 5.28. The van der Waals surface area contributed by atoms with Gasteiger partial charge in [-0.2, -0.15) is 0 Å². The predicted octanol–water partition coefficient (Wildman–Crippen LogP) is 0.932. The number of aryl methyl sites for hydroxylation is 2. The highest BCUT2D eigenvalue weighted by atomic mass is 16.5. The Kier molecular flexibility index (Phi) is 7.98. The SMILES string of the molecule is CCc1ccc(C(=O)N(CCC[NH+]2CCOCC2)CC(=O)Nc2cc(C)on2)cc1. The van der Waals surface area contributed by atoms with Crippen LogP contribution in [-0.2, 0) is 16.0 Å². The van der Waals surface area contributed by atoms with E-state index in [2.05, 4.69) is 17.4 Å². The molecule has 8 nitrogen and oxygen atoms in total. The maximum Gasteiger partial charge on any atom is 0.254 e. The third kappa shape index (κ3) is 6.40. The summed E-state index contributed by atoms with van der Waals surface area (Å²) in [6, 6.07) is 9.24. The van der Waals surface area contributed by atoms with Crippen molar-refractivity contribution in [1.29, 1.82) is 0 Å². The van der Waals surface area contributed by atoms with Gasteiger partial charge in [0, 0.05) is 24.6 Å². The van der Waals surface area contributed by atoms with Gasteiger partial charge in [-0.25, -0.2) is 0 Å². The molecule has 1 aliphatic heterocycles. The van der Waals surface area contributed by atoms with E-state index in [1.807, 2.05) is 24.3 Å². The number of rotatable bonds is 9. The number of nitrogens with zero attached hydrogens (tertiary/aromatic N) is 2. The highest BCUT2D eigenvalue weighted by Gasteiger charge is 2.21. The molecule has 1 aromatic carbocycles. The number of nitrogens with one attached hydrogen (secondary N) is 2. The molecule has 2 amide bonds. The van der Waals surface area contributed by atoms with Crippen LogP contribution in [-0.4, -0.2) is 67.8 Å². The minimum Gasteiger partial charge on any atom is -0.370 e. The molecule has 1 aromatic heterocycles. The molecule has 0 radical (unpaired) electrons. The summed E-state index contributed by atoms with van der Waals surface area (Å²) in [6.45, 7) is 8.80. The molecule has 0 spiro atoms. The molecule has 0 saturated carbocycles. The first-order chi connectivity index (χ1) is 14.5. The number of hydrogen-bond donors (Lipinski definition) is 2. The van der Waals surface area contributed by atoms with Crippen LogP contribution in [0.15, 0.2) is 34.9 Å². The Hall–Kier alpha value is -2.71. The highest BCUT2D eigenvalue weighted by Crippen LogP contribution is 2.11. The van der Waals surface area contributed by atoms with Gasteiger partial charge < -0.3 is 24.4 Å². The molecule has 1 aliphatic rings. The van der Waals surface area contributed by atoms with Crippen molar-refractivity contribution in [2.24, 2.45) is 0 Å². The Labute approximate surface area is 177 Å². The van der Waals surface area contributed by atoms with Gasteiger partial charge in [0.05, 0.1) is 19.8 Å². The molecule has 30 heavy (non-hydrogen) atoms. The molecular formula is C22H31N4O4+. The van der Waals surface area contributed by atoms with E-state index in [0.29, 0.717) is 23.7 Å². The molecule has 8 heteroatoms. The lowest BCUT2D eigenvalue weighted by Crippen LogP contribution is -3.14. The van der Waals surface area contributed by atoms with Gasteiger partial charge in [0.15, 0.2) is 5.82 Å². The molecule has 3 rings (SSSR count). The van der Waals surface area contributed by atoms with E-state index in [4.69, 9.17) is 9.26 Å². The monoisotopic (exact) mass is 415 g/mol. The van der Waals surface area contributed by atoms with Crippen molar-refractivity contribution in [3.8, 4) is 0 Å². The number of anilines is 1. The number of morpholine rings is 1. The van der Waals surface area contributed by atoms with Crippen LogP contribution >= 0.6 is 0 Å². The van der Waals surface area contributed by atoms with Crippen LogP contribution < -0.4 is 10.2 Å². The first kappa shape index (κ1) is 22.0. The predicted molar refractivity (Wildman–Crippen MR) is 113 cm³/mol. The summed E-state index contributed by atoms with van der Waals surface area (Å²) in [5.41, 5.74) is 1.77. The van der Waals surface area contributed by atoms with E-state index in [-0.39, 0.29) is 18.4 Å². The van der Waals surface area contributed by atoms with Crippen molar-refractivity contribution < 1.29 is 23.7 Å². The van der Waals surface area contributed by atoms with Gasteiger partial charge >= 0.3 is 0 Å². The van der Waals surface area contributed by atoms with Crippen LogP contribution in [0, 0.1) is 6.92 Å². The van der Waals surface area contributed by atoms with E-state index in [0.717, 1.165) is 45.7 Å². The second-order valence-electron chi connectivity index (χ2n) is 7.61. The summed E-state index contributed by atoms with van der Waals surface area (Å²) in [5.74, 6) is 0.541. The molecule has 1 fully saturated rings. The molecule has 0 aliphatic carbocycles. The molecule has 0 unspecified atom stereocenters. The lowest BCUT2D eigenvalue weighted by atomic mass is 10.1. The van der Waals surface area contributed by atoms with Crippen molar-refractivity contribution in [2.75, 3.05) is 51.3 Å². The summed E-state index contributed by atoms with van der Waals surface area (Å²) in [6.07, 6.45) is 1.74. The summed E-state index contributed by atoms with van der Waals surface area (Å²) < 4.78 is 10.4. The Bertz CT molecular complexity index is 828. The van der Waals surface area contributed by atoms with E-state index in [9.17, 15) is 9.59 Å². The van der Waals surface area contributed by atoms with Crippen molar-refractivity contribution >= 4 is 17.6 Å². The first-order valence-corrected chi connectivity index (χ1v) is 10.6. The Morgan fingerprint density at radius 2 is 1.93 bits per heavy atom. The molecule has 2 aromatic rings. The van der Waals surface area contributed by atoms with Crippen LogP contribution in [0.5, 0.6) is 0 Å². The van der Waals surface area contributed by atoms with E-state index in [1.54, 1.807) is 17.9 Å². The summed E-state index contributed by atoms with van der Waals surface area (Å²) in [4.78, 5) is 28.7. The minimum absolute atomic E-state index is 0.0291. The second-order valence-corrected chi connectivity index (χ2v) is 7.61. The molecule has 2 heterocycles. The second kappa shape index (κ2) is 10.9. The maximum absolute atomic E-state index is 13.1. The van der Waals surface area contributed by atoms with Gasteiger partial charge in [-0.15, -0.1) is 0 Å². The van der Waals surface area contributed by atoms with Crippen LogP contribution in [0.1, 0.15) is 35.0 Å². The van der Waals surface area contributed by atoms with Crippen molar-refractivity contribution in [2.45, 2.75) is 26.7 Å². The van der Waals surface area contributed by atoms with Gasteiger partial charge in [-0.1, -0.05) is 24.2 Å². The fraction of sp³-hybridized carbons (Fsp3) is 0.500. The van der Waals surface area contributed by atoms with Gasteiger partial charge in [0.1, 0.15) is 25.4 Å². The number of carbonyl (C=O) groups excluding carboxylic acids is 2. The number of hydrogen-bond acceptors (Lipinski definition) is 5. The molecule has 0 bridgehead atoms. The maximum atomic E-state index is 13.1. The van der Waals surface area contributed by atoms with Crippen molar-refractivity contribution in [3.05, 3.63) is 47.2 Å². The number of amides is 2. The average molecular weight is 416 g/mol. The summed E-state index contributed by atoms with van der Waals surface area (Å²) in [5, 5.41) is 6.48. The molecular weight excluding hydrogens is 384 g/mol. The van der Waals surface area contributed by atoms with Crippen molar-refractivity contribution in [3.63, 3.8) is 0 Å². The smallest absolute Gasteiger partial charge is 0.254 e. The lowest BCUT2D eigenvalue weighted by molar-refractivity contribution is -0.908. The normalized spacial score (nSPS) is 14.5. The Balaban J connectivity index is 1.62. The fourth-order valence-electron chi connectivity index (χ4n) is 3.53. The topological polar surface area (TPSA) is 89.1 Å². The van der Waals surface area contributed by atoms with Crippen LogP contribution in [0.2, 0.25) is 0 Å². The van der Waals surface area contributed by atoms with Gasteiger partial charge in [-0.3, -0.25) is 9.59 Å². The van der Waals surface area contributed by atoms with Gasteiger partial charge in [0.25, 0.3) is 5.91 Å². The lowest BCUT2D eigenvalue weighted by Gasteiger charge is -2.26. The Morgan fingerprint density at radius 3 is 2.57 bits per heavy atom. The zero-order chi connectivity index (χ0) is 21.3. The molecule has 2 N–H and O–H groups in total.